The molecule has 1 heterocycles. The second-order valence-electron chi connectivity index (χ2n) is 7.01. The quantitative estimate of drug-likeness (QED) is 0.870. The molecule has 1 aliphatic rings. The standard InChI is InChI=1S/C21H26N2O2/c1-16(2)15-25-21(24)22-19-13-23(14-19)20(17-9-5-3-6-10-17)18-11-7-4-8-12-18/h3-12,16,19-20H,13-15H2,1-2H3,(H,22,24). The Kier molecular flexibility index (Phi) is 5.71. The van der Waals surface area contributed by atoms with E-state index in [0.717, 1.165) is 13.1 Å². The van der Waals surface area contributed by atoms with Crippen molar-refractivity contribution in [2.45, 2.75) is 25.9 Å². The van der Waals surface area contributed by atoms with Gasteiger partial charge in [-0.25, -0.2) is 4.79 Å². The van der Waals surface area contributed by atoms with E-state index in [9.17, 15) is 4.79 Å². The van der Waals surface area contributed by atoms with Gasteiger partial charge in [0.25, 0.3) is 0 Å². The fraction of sp³-hybridized carbons (Fsp3) is 0.381. The minimum absolute atomic E-state index is 0.148. The lowest BCUT2D eigenvalue weighted by molar-refractivity contribution is 0.0773. The van der Waals surface area contributed by atoms with Gasteiger partial charge in [0.15, 0.2) is 0 Å². The first kappa shape index (κ1) is 17.5. The topological polar surface area (TPSA) is 41.6 Å². The van der Waals surface area contributed by atoms with Gasteiger partial charge < -0.3 is 10.1 Å². The lowest BCUT2D eigenvalue weighted by Crippen LogP contribution is -2.60. The number of ether oxygens (including phenoxy) is 1. The van der Waals surface area contributed by atoms with Gasteiger partial charge in [-0.15, -0.1) is 0 Å². The van der Waals surface area contributed by atoms with Crippen LogP contribution in [0.25, 0.3) is 0 Å². The maximum absolute atomic E-state index is 11.8. The molecule has 0 spiro atoms. The number of carbonyl (C=O) groups excluding carboxylic acids is 1. The van der Waals surface area contributed by atoms with Crippen LogP contribution in [-0.2, 0) is 4.74 Å². The Labute approximate surface area is 149 Å². The van der Waals surface area contributed by atoms with Crippen molar-refractivity contribution in [3.63, 3.8) is 0 Å². The van der Waals surface area contributed by atoms with Crippen LogP contribution in [0.3, 0.4) is 0 Å². The second-order valence-corrected chi connectivity index (χ2v) is 7.01. The van der Waals surface area contributed by atoms with Crippen molar-refractivity contribution in [3.8, 4) is 0 Å². The van der Waals surface area contributed by atoms with E-state index in [1.807, 2.05) is 26.0 Å². The maximum Gasteiger partial charge on any atom is 0.407 e. The summed E-state index contributed by atoms with van der Waals surface area (Å²) in [5.41, 5.74) is 2.55. The summed E-state index contributed by atoms with van der Waals surface area (Å²) in [6.07, 6.45) is -0.311. The molecule has 0 aliphatic carbocycles. The van der Waals surface area contributed by atoms with Crippen LogP contribution in [0.1, 0.15) is 31.0 Å². The molecule has 0 saturated carbocycles. The highest BCUT2D eigenvalue weighted by Gasteiger charge is 2.35. The predicted molar refractivity (Wildman–Crippen MR) is 99.4 cm³/mol. The smallest absolute Gasteiger partial charge is 0.407 e. The first-order valence-corrected chi connectivity index (χ1v) is 8.90. The van der Waals surface area contributed by atoms with Gasteiger partial charge in [0.1, 0.15) is 0 Å². The van der Waals surface area contributed by atoms with Crippen LogP contribution in [0, 0.1) is 5.92 Å². The highest BCUT2D eigenvalue weighted by molar-refractivity contribution is 5.67. The summed E-state index contributed by atoms with van der Waals surface area (Å²) < 4.78 is 5.21. The molecule has 2 aromatic carbocycles. The number of carbonyl (C=O) groups is 1. The molecule has 0 bridgehead atoms. The van der Waals surface area contributed by atoms with Crippen molar-refractivity contribution in [2.24, 2.45) is 5.92 Å². The monoisotopic (exact) mass is 338 g/mol. The van der Waals surface area contributed by atoms with Gasteiger partial charge >= 0.3 is 6.09 Å². The molecule has 1 fully saturated rings. The van der Waals surface area contributed by atoms with E-state index in [-0.39, 0.29) is 18.2 Å². The third-order valence-electron chi connectivity index (χ3n) is 4.38. The number of rotatable bonds is 6. The van der Waals surface area contributed by atoms with Gasteiger partial charge in [-0.05, 0) is 17.0 Å². The average molecular weight is 338 g/mol. The number of hydrogen-bond acceptors (Lipinski definition) is 3. The normalized spacial score (nSPS) is 15.2. The van der Waals surface area contributed by atoms with Crippen molar-refractivity contribution in [1.29, 1.82) is 0 Å². The summed E-state index contributed by atoms with van der Waals surface area (Å²) in [5, 5.41) is 2.96. The summed E-state index contributed by atoms with van der Waals surface area (Å²) in [6, 6.07) is 21.4. The summed E-state index contributed by atoms with van der Waals surface area (Å²) >= 11 is 0. The van der Waals surface area contributed by atoms with E-state index in [0.29, 0.717) is 12.5 Å². The molecular weight excluding hydrogens is 312 g/mol. The zero-order valence-electron chi connectivity index (χ0n) is 14.9. The SMILES string of the molecule is CC(C)COC(=O)NC1CN(C(c2ccccc2)c2ccccc2)C1. The Hall–Kier alpha value is -2.33. The summed E-state index contributed by atoms with van der Waals surface area (Å²) in [6.45, 7) is 6.17. The predicted octanol–water partition coefficient (Wildman–Crippen LogP) is 3.84. The first-order chi connectivity index (χ1) is 12.1. The third-order valence-corrected chi connectivity index (χ3v) is 4.38. The highest BCUT2D eigenvalue weighted by Crippen LogP contribution is 2.32. The number of alkyl carbamates (subject to hydrolysis) is 1. The molecule has 1 N–H and O–H groups in total. The summed E-state index contributed by atoms with van der Waals surface area (Å²) in [5.74, 6) is 0.351. The van der Waals surface area contributed by atoms with Gasteiger partial charge in [0.05, 0.1) is 18.7 Å². The fourth-order valence-corrected chi connectivity index (χ4v) is 3.15. The molecule has 1 saturated heterocycles. The highest BCUT2D eigenvalue weighted by atomic mass is 16.5. The van der Waals surface area contributed by atoms with Gasteiger partial charge in [-0.3, -0.25) is 4.90 Å². The van der Waals surface area contributed by atoms with Crippen LogP contribution in [0.15, 0.2) is 60.7 Å². The van der Waals surface area contributed by atoms with E-state index in [2.05, 4.69) is 58.7 Å². The van der Waals surface area contributed by atoms with Crippen molar-refractivity contribution < 1.29 is 9.53 Å². The Morgan fingerprint density at radius 3 is 2.04 bits per heavy atom. The second kappa shape index (κ2) is 8.17. The molecule has 25 heavy (non-hydrogen) atoms. The molecule has 4 heteroatoms. The fourth-order valence-electron chi connectivity index (χ4n) is 3.15. The minimum Gasteiger partial charge on any atom is -0.449 e. The molecule has 0 unspecified atom stereocenters. The van der Waals surface area contributed by atoms with Gasteiger partial charge in [-0.2, -0.15) is 0 Å². The number of nitrogens with one attached hydrogen (secondary N) is 1. The van der Waals surface area contributed by atoms with E-state index in [1.54, 1.807) is 0 Å². The van der Waals surface area contributed by atoms with Gasteiger partial charge in [0.2, 0.25) is 0 Å². The first-order valence-electron chi connectivity index (χ1n) is 8.90. The van der Waals surface area contributed by atoms with E-state index < -0.39 is 0 Å². The minimum atomic E-state index is -0.311. The number of likely N-dealkylation sites (tertiary alicyclic amines) is 1. The molecule has 0 atom stereocenters. The average Bonchev–Trinajstić information content (AvgIpc) is 2.60. The molecule has 4 nitrogen and oxygen atoms in total. The third kappa shape index (κ3) is 4.60. The van der Waals surface area contributed by atoms with Crippen LogP contribution in [-0.4, -0.2) is 36.7 Å². The molecule has 2 aromatic rings. The lowest BCUT2D eigenvalue weighted by atomic mass is 9.93. The van der Waals surface area contributed by atoms with Crippen LogP contribution in [0.5, 0.6) is 0 Å². The van der Waals surface area contributed by atoms with E-state index in [4.69, 9.17) is 4.74 Å². The Morgan fingerprint density at radius 2 is 1.56 bits per heavy atom. The largest absolute Gasteiger partial charge is 0.449 e. The lowest BCUT2D eigenvalue weighted by Gasteiger charge is -2.44. The molecule has 1 aliphatic heterocycles. The summed E-state index contributed by atoms with van der Waals surface area (Å²) in [7, 11) is 0. The number of amides is 1. The molecule has 1 amide bonds. The van der Waals surface area contributed by atoms with Crippen LogP contribution >= 0.6 is 0 Å². The molecule has 3 rings (SSSR count). The van der Waals surface area contributed by atoms with Crippen molar-refractivity contribution in [3.05, 3.63) is 71.8 Å². The summed E-state index contributed by atoms with van der Waals surface area (Å²) in [4.78, 5) is 14.2. The molecule has 132 valence electrons. The Balaban J connectivity index is 1.62. The zero-order valence-corrected chi connectivity index (χ0v) is 14.9. The van der Waals surface area contributed by atoms with Crippen LogP contribution in [0.4, 0.5) is 4.79 Å². The van der Waals surface area contributed by atoms with Crippen molar-refractivity contribution in [2.75, 3.05) is 19.7 Å². The zero-order chi connectivity index (χ0) is 17.6. The maximum atomic E-state index is 11.8. The van der Waals surface area contributed by atoms with E-state index in [1.165, 1.54) is 11.1 Å². The van der Waals surface area contributed by atoms with Crippen LogP contribution in [0.2, 0.25) is 0 Å². The number of nitrogens with zero attached hydrogens (tertiary/aromatic N) is 1. The molecular formula is C21H26N2O2. The Morgan fingerprint density at radius 1 is 1.04 bits per heavy atom. The molecule has 0 aromatic heterocycles. The number of benzene rings is 2. The van der Waals surface area contributed by atoms with Crippen molar-refractivity contribution in [1.82, 2.24) is 10.2 Å². The number of hydrogen-bond donors (Lipinski definition) is 1. The van der Waals surface area contributed by atoms with Crippen molar-refractivity contribution >= 4 is 6.09 Å². The van der Waals surface area contributed by atoms with Gasteiger partial charge in [0, 0.05) is 13.1 Å². The Bertz CT molecular complexity index is 627. The van der Waals surface area contributed by atoms with Gasteiger partial charge in [-0.1, -0.05) is 74.5 Å². The van der Waals surface area contributed by atoms with E-state index >= 15 is 0 Å². The molecule has 0 radical (unpaired) electrons. The van der Waals surface area contributed by atoms with Crippen LogP contribution < -0.4 is 5.32 Å².